The van der Waals surface area contributed by atoms with Gasteiger partial charge in [-0.2, -0.15) is 5.10 Å². The lowest BCUT2D eigenvalue weighted by atomic mass is 10.0. The van der Waals surface area contributed by atoms with Crippen LogP contribution in [0.1, 0.15) is 40.7 Å². The zero-order chi connectivity index (χ0) is 20.8. The number of benzene rings is 2. The van der Waals surface area contributed by atoms with E-state index in [2.05, 4.69) is 38.6 Å². The standard InChI is InChI=1S/C24H28N4O2/c1-30-21-11-9-18(10-12-21)23-22(16-26-27-23)24(29)25-15-19-7-3-4-8-20(19)17-28-13-5-2-6-14-28/h3-4,7-12,16H,2,5-6,13-15,17H2,1H3,(H,25,29)(H,26,27). The Morgan fingerprint density at radius 3 is 2.53 bits per heavy atom. The van der Waals surface area contributed by atoms with Crippen molar-refractivity contribution in [3.63, 3.8) is 0 Å². The molecule has 1 amide bonds. The monoisotopic (exact) mass is 404 g/mol. The molecule has 1 fully saturated rings. The number of aromatic nitrogens is 2. The molecular weight excluding hydrogens is 376 g/mol. The third-order valence-corrected chi connectivity index (χ3v) is 5.66. The lowest BCUT2D eigenvalue weighted by Gasteiger charge is -2.27. The molecule has 2 aromatic carbocycles. The Hall–Kier alpha value is -3.12. The van der Waals surface area contributed by atoms with Crippen LogP contribution in [0.3, 0.4) is 0 Å². The lowest BCUT2D eigenvalue weighted by Crippen LogP contribution is -2.30. The van der Waals surface area contributed by atoms with Crippen molar-refractivity contribution in [3.05, 3.63) is 71.4 Å². The molecule has 156 valence electrons. The summed E-state index contributed by atoms with van der Waals surface area (Å²) in [5.41, 5.74) is 4.57. The van der Waals surface area contributed by atoms with Gasteiger partial charge in [-0.3, -0.25) is 14.8 Å². The number of H-pyrrole nitrogens is 1. The molecule has 0 aliphatic carbocycles. The average molecular weight is 405 g/mol. The Kier molecular flexibility index (Phi) is 6.44. The van der Waals surface area contributed by atoms with Crippen LogP contribution >= 0.6 is 0 Å². The number of likely N-dealkylation sites (tertiary alicyclic amines) is 1. The predicted molar refractivity (Wildman–Crippen MR) is 117 cm³/mol. The van der Waals surface area contributed by atoms with Gasteiger partial charge in [0.15, 0.2) is 0 Å². The number of ether oxygens (including phenoxy) is 1. The summed E-state index contributed by atoms with van der Waals surface area (Å²) in [5.74, 6) is 0.636. The third kappa shape index (κ3) is 4.71. The molecule has 0 spiro atoms. The van der Waals surface area contributed by atoms with Gasteiger partial charge in [0.25, 0.3) is 5.91 Å². The number of amides is 1. The van der Waals surface area contributed by atoms with Crippen molar-refractivity contribution in [1.82, 2.24) is 20.4 Å². The second-order valence-electron chi connectivity index (χ2n) is 7.68. The number of rotatable bonds is 7. The minimum absolute atomic E-state index is 0.137. The highest BCUT2D eigenvalue weighted by Crippen LogP contribution is 2.24. The smallest absolute Gasteiger partial charge is 0.255 e. The van der Waals surface area contributed by atoms with Gasteiger partial charge in [-0.1, -0.05) is 30.7 Å². The van der Waals surface area contributed by atoms with E-state index in [-0.39, 0.29) is 5.91 Å². The largest absolute Gasteiger partial charge is 0.497 e. The van der Waals surface area contributed by atoms with Crippen LogP contribution in [-0.2, 0) is 13.1 Å². The molecular formula is C24H28N4O2. The van der Waals surface area contributed by atoms with Crippen LogP contribution in [0.25, 0.3) is 11.3 Å². The Morgan fingerprint density at radius 2 is 1.80 bits per heavy atom. The second-order valence-corrected chi connectivity index (χ2v) is 7.68. The van der Waals surface area contributed by atoms with Crippen molar-refractivity contribution in [1.29, 1.82) is 0 Å². The average Bonchev–Trinajstić information content (AvgIpc) is 3.29. The van der Waals surface area contributed by atoms with Crippen molar-refractivity contribution < 1.29 is 9.53 Å². The van der Waals surface area contributed by atoms with E-state index in [1.54, 1.807) is 13.3 Å². The van der Waals surface area contributed by atoms with Gasteiger partial charge >= 0.3 is 0 Å². The van der Waals surface area contributed by atoms with Gasteiger partial charge in [0.05, 0.1) is 24.6 Å². The quantitative estimate of drug-likeness (QED) is 0.624. The molecule has 1 aliphatic heterocycles. The highest BCUT2D eigenvalue weighted by molar-refractivity contribution is 5.99. The molecule has 0 unspecified atom stereocenters. The van der Waals surface area contributed by atoms with Crippen molar-refractivity contribution >= 4 is 5.91 Å². The van der Waals surface area contributed by atoms with Gasteiger partial charge in [0, 0.05) is 18.7 Å². The van der Waals surface area contributed by atoms with Gasteiger partial charge in [-0.25, -0.2) is 0 Å². The Bertz CT molecular complexity index is 975. The molecule has 0 radical (unpaired) electrons. The van der Waals surface area contributed by atoms with E-state index < -0.39 is 0 Å². The van der Waals surface area contributed by atoms with Crippen molar-refractivity contribution in [2.24, 2.45) is 0 Å². The molecule has 3 aromatic rings. The Balaban J connectivity index is 1.44. The zero-order valence-electron chi connectivity index (χ0n) is 17.4. The molecule has 4 rings (SSSR count). The SMILES string of the molecule is COc1ccc(-c2[nH]ncc2C(=O)NCc2ccccc2CN2CCCCC2)cc1. The maximum absolute atomic E-state index is 12.9. The summed E-state index contributed by atoms with van der Waals surface area (Å²) in [6.45, 7) is 3.74. The van der Waals surface area contributed by atoms with E-state index in [9.17, 15) is 4.79 Å². The fourth-order valence-electron chi connectivity index (χ4n) is 3.95. The lowest BCUT2D eigenvalue weighted by molar-refractivity contribution is 0.0951. The maximum Gasteiger partial charge on any atom is 0.255 e. The van der Waals surface area contributed by atoms with Crippen molar-refractivity contribution in [2.75, 3.05) is 20.2 Å². The van der Waals surface area contributed by atoms with Crippen LogP contribution in [0.4, 0.5) is 0 Å². The summed E-state index contributed by atoms with van der Waals surface area (Å²) in [7, 11) is 1.63. The molecule has 1 aliphatic rings. The number of nitrogens with one attached hydrogen (secondary N) is 2. The first-order valence-corrected chi connectivity index (χ1v) is 10.5. The topological polar surface area (TPSA) is 70.2 Å². The third-order valence-electron chi connectivity index (χ3n) is 5.66. The summed E-state index contributed by atoms with van der Waals surface area (Å²) >= 11 is 0. The van der Waals surface area contributed by atoms with Gasteiger partial charge in [0.2, 0.25) is 0 Å². The van der Waals surface area contributed by atoms with E-state index in [0.29, 0.717) is 17.8 Å². The Labute approximate surface area is 177 Å². The number of piperidine rings is 1. The van der Waals surface area contributed by atoms with Crippen molar-refractivity contribution in [3.8, 4) is 17.0 Å². The Morgan fingerprint density at radius 1 is 1.07 bits per heavy atom. The minimum Gasteiger partial charge on any atom is -0.497 e. The number of methoxy groups -OCH3 is 1. The maximum atomic E-state index is 12.9. The summed E-state index contributed by atoms with van der Waals surface area (Å²) in [5, 5.41) is 10.1. The van der Waals surface area contributed by atoms with E-state index in [1.165, 1.54) is 24.8 Å². The highest BCUT2D eigenvalue weighted by Gasteiger charge is 2.17. The fourth-order valence-corrected chi connectivity index (χ4v) is 3.95. The van der Waals surface area contributed by atoms with Crippen molar-refractivity contribution in [2.45, 2.75) is 32.4 Å². The van der Waals surface area contributed by atoms with E-state index in [4.69, 9.17) is 4.74 Å². The number of carbonyl (C=O) groups excluding carboxylic acids is 1. The zero-order valence-corrected chi connectivity index (χ0v) is 17.4. The van der Waals surface area contributed by atoms with Crippen LogP contribution in [0.5, 0.6) is 5.75 Å². The van der Waals surface area contributed by atoms with Crippen LogP contribution in [0.2, 0.25) is 0 Å². The van der Waals surface area contributed by atoms with Gasteiger partial charge in [-0.05, 0) is 61.3 Å². The van der Waals surface area contributed by atoms with E-state index >= 15 is 0 Å². The predicted octanol–water partition coefficient (Wildman–Crippen LogP) is 4.00. The highest BCUT2D eigenvalue weighted by atomic mass is 16.5. The number of nitrogens with zero attached hydrogens (tertiary/aromatic N) is 2. The minimum atomic E-state index is -0.137. The molecule has 30 heavy (non-hydrogen) atoms. The summed E-state index contributed by atoms with van der Waals surface area (Å²) in [6, 6.07) is 15.9. The van der Waals surface area contributed by atoms with Crippen LogP contribution in [-0.4, -0.2) is 41.2 Å². The fraction of sp³-hybridized carbons (Fsp3) is 0.333. The van der Waals surface area contributed by atoms with Gasteiger partial charge < -0.3 is 10.1 Å². The molecule has 0 bridgehead atoms. The molecule has 1 saturated heterocycles. The van der Waals surface area contributed by atoms with Crippen LogP contribution in [0, 0.1) is 0 Å². The van der Waals surface area contributed by atoms with Crippen LogP contribution in [0.15, 0.2) is 54.7 Å². The molecule has 1 aromatic heterocycles. The second kappa shape index (κ2) is 9.59. The van der Waals surface area contributed by atoms with E-state index in [1.807, 2.05) is 30.3 Å². The molecule has 6 nitrogen and oxygen atoms in total. The van der Waals surface area contributed by atoms with Gasteiger partial charge in [0.1, 0.15) is 5.75 Å². The van der Waals surface area contributed by atoms with E-state index in [0.717, 1.165) is 36.5 Å². The number of aromatic amines is 1. The van der Waals surface area contributed by atoms with Crippen LogP contribution < -0.4 is 10.1 Å². The normalized spacial score (nSPS) is 14.4. The first kappa shape index (κ1) is 20.2. The number of carbonyl (C=O) groups is 1. The molecule has 6 heteroatoms. The summed E-state index contributed by atoms with van der Waals surface area (Å²) in [6.07, 6.45) is 5.45. The first-order valence-electron chi connectivity index (χ1n) is 10.5. The number of hydrogen-bond acceptors (Lipinski definition) is 4. The summed E-state index contributed by atoms with van der Waals surface area (Å²) < 4.78 is 5.21. The summed E-state index contributed by atoms with van der Waals surface area (Å²) in [4.78, 5) is 15.4. The molecule has 2 heterocycles. The molecule has 2 N–H and O–H groups in total. The first-order chi connectivity index (χ1) is 14.7. The number of hydrogen-bond donors (Lipinski definition) is 2. The molecule has 0 saturated carbocycles. The van der Waals surface area contributed by atoms with Gasteiger partial charge in [-0.15, -0.1) is 0 Å². The molecule has 0 atom stereocenters.